The van der Waals surface area contributed by atoms with E-state index in [-0.39, 0.29) is 24.7 Å². The van der Waals surface area contributed by atoms with Gasteiger partial charge < -0.3 is 9.64 Å². The first kappa shape index (κ1) is 27.3. The van der Waals surface area contributed by atoms with Crippen LogP contribution in [0.15, 0.2) is 18.2 Å². The highest BCUT2D eigenvalue weighted by atomic mass is 16.5. The SMILES string of the molecule is CCCCOC(=O)CN1CCC(N2CCN(c3ccc4c(c3)C(=O)N(C3CCC(=O)NC3=O)C4=O)CC2)CC1. The minimum absolute atomic E-state index is 0.101. The molecule has 0 aromatic heterocycles. The lowest BCUT2D eigenvalue weighted by atomic mass is 10.0. The molecule has 210 valence electrons. The van der Waals surface area contributed by atoms with Crippen molar-refractivity contribution in [1.29, 1.82) is 0 Å². The Bertz CT molecular complexity index is 1140. The van der Waals surface area contributed by atoms with Gasteiger partial charge in [0.1, 0.15) is 6.04 Å². The van der Waals surface area contributed by atoms with E-state index in [1.165, 1.54) is 0 Å². The number of benzene rings is 1. The minimum atomic E-state index is -0.958. The topological polar surface area (TPSA) is 120 Å². The molecule has 0 bridgehead atoms. The van der Waals surface area contributed by atoms with Crippen LogP contribution in [-0.2, 0) is 19.1 Å². The fourth-order valence-electron chi connectivity index (χ4n) is 6.00. The Kier molecular flexibility index (Phi) is 8.27. The number of piperazine rings is 1. The Hall–Kier alpha value is -3.31. The molecular formula is C28H37N5O6. The minimum Gasteiger partial charge on any atom is -0.465 e. The molecular weight excluding hydrogens is 502 g/mol. The largest absolute Gasteiger partial charge is 0.465 e. The van der Waals surface area contributed by atoms with Crippen molar-refractivity contribution in [2.45, 2.75) is 57.5 Å². The number of nitrogens with zero attached hydrogens (tertiary/aromatic N) is 4. The number of amides is 4. The summed E-state index contributed by atoms with van der Waals surface area (Å²) in [6.45, 7) is 8.13. The number of esters is 1. The molecule has 0 spiro atoms. The van der Waals surface area contributed by atoms with Crippen LogP contribution < -0.4 is 10.2 Å². The molecule has 3 saturated heterocycles. The van der Waals surface area contributed by atoms with E-state index in [2.05, 4.69) is 26.9 Å². The zero-order valence-corrected chi connectivity index (χ0v) is 22.5. The van der Waals surface area contributed by atoms with Crippen LogP contribution in [0, 0.1) is 0 Å². The van der Waals surface area contributed by atoms with E-state index in [0.717, 1.165) is 75.5 Å². The molecule has 1 N–H and O–H groups in total. The van der Waals surface area contributed by atoms with Crippen LogP contribution in [0.3, 0.4) is 0 Å². The summed E-state index contributed by atoms with van der Waals surface area (Å²) in [5.41, 5.74) is 1.49. The fourth-order valence-corrected chi connectivity index (χ4v) is 6.00. The summed E-state index contributed by atoms with van der Waals surface area (Å²) in [7, 11) is 0. The summed E-state index contributed by atoms with van der Waals surface area (Å²) in [4.78, 5) is 69.9. The summed E-state index contributed by atoms with van der Waals surface area (Å²) in [6, 6.07) is 4.83. The Morgan fingerprint density at radius 3 is 2.36 bits per heavy atom. The third-order valence-electron chi connectivity index (χ3n) is 8.29. The molecule has 11 nitrogen and oxygen atoms in total. The van der Waals surface area contributed by atoms with Crippen molar-refractivity contribution in [3.63, 3.8) is 0 Å². The second-order valence-corrected chi connectivity index (χ2v) is 10.8. The summed E-state index contributed by atoms with van der Waals surface area (Å²) in [5.74, 6) is -2.09. The standard InChI is InChI=1S/C28H37N5O6/c1-2-3-16-39-25(35)18-30-10-8-19(9-11-30)31-12-14-32(15-13-31)20-4-5-21-22(17-20)28(38)33(27(21)37)23-6-7-24(34)29-26(23)36/h4-5,17,19,23H,2-3,6-16,18H2,1H3,(H,29,34,36). The summed E-state index contributed by atoms with van der Waals surface area (Å²) in [5, 5.41) is 2.23. The molecule has 3 fully saturated rings. The van der Waals surface area contributed by atoms with Crippen molar-refractivity contribution in [2.24, 2.45) is 0 Å². The van der Waals surface area contributed by atoms with E-state index in [9.17, 15) is 24.0 Å². The lowest BCUT2D eigenvalue weighted by Crippen LogP contribution is -2.54. The van der Waals surface area contributed by atoms with Crippen molar-refractivity contribution in [1.82, 2.24) is 20.0 Å². The monoisotopic (exact) mass is 539 g/mol. The maximum Gasteiger partial charge on any atom is 0.320 e. The highest BCUT2D eigenvalue weighted by molar-refractivity contribution is 6.23. The van der Waals surface area contributed by atoms with Crippen molar-refractivity contribution in [3.05, 3.63) is 29.3 Å². The van der Waals surface area contributed by atoms with E-state index in [4.69, 9.17) is 4.74 Å². The lowest BCUT2D eigenvalue weighted by molar-refractivity contribution is -0.145. The van der Waals surface area contributed by atoms with Crippen LogP contribution >= 0.6 is 0 Å². The van der Waals surface area contributed by atoms with E-state index in [1.807, 2.05) is 6.07 Å². The zero-order chi connectivity index (χ0) is 27.5. The first-order valence-electron chi connectivity index (χ1n) is 14.1. The van der Waals surface area contributed by atoms with Gasteiger partial charge in [0, 0.05) is 57.4 Å². The molecule has 4 amide bonds. The number of piperidine rings is 2. The highest BCUT2D eigenvalue weighted by Gasteiger charge is 2.44. The maximum absolute atomic E-state index is 13.2. The van der Waals surface area contributed by atoms with Gasteiger partial charge >= 0.3 is 5.97 Å². The molecule has 1 aromatic carbocycles. The van der Waals surface area contributed by atoms with Crippen LogP contribution in [0.5, 0.6) is 0 Å². The summed E-state index contributed by atoms with van der Waals surface area (Å²) >= 11 is 0. The molecule has 1 unspecified atom stereocenters. The Balaban J connectivity index is 1.13. The smallest absolute Gasteiger partial charge is 0.320 e. The molecule has 5 rings (SSSR count). The van der Waals surface area contributed by atoms with Crippen LogP contribution in [0.2, 0.25) is 0 Å². The van der Waals surface area contributed by atoms with Crippen LogP contribution in [0.1, 0.15) is 66.2 Å². The molecule has 39 heavy (non-hydrogen) atoms. The average molecular weight is 540 g/mol. The van der Waals surface area contributed by atoms with Crippen molar-refractivity contribution >= 4 is 35.3 Å². The summed E-state index contributed by atoms with van der Waals surface area (Å²) < 4.78 is 5.30. The molecule has 11 heteroatoms. The lowest BCUT2D eigenvalue weighted by Gasteiger charge is -2.43. The molecule has 4 aliphatic heterocycles. The number of carbonyl (C=O) groups is 5. The number of hydrogen-bond acceptors (Lipinski definition) is 9. The van der Waals surface area contributed by atoms with Crippen molar-refractivity contribution in [3.8, 4) is 0 Å². The quantitative estimate of drug-likeness (QED) is 0.293. The summed E-state index contributed by atoms with van der Waals surface area (Å²) in [6.07, 6.45) is 4.21. The average Bonchev–Trinajstić information content (AvgIpc) is 3.18. The predicted octanol–water partition coefficient (Wildman–Crippen LogP) is 1.02. The van der Waals surface area contributed by atoms with Gasteiger partial charge in [-0.3, -0.25) is 44.0 Å². The first-order chi connectivity index (χ1) is 18.9. The number of carbonyl (C=O) groups excluding carboxylic acids is 5. The van der Waals surface area contributed by atoms with Crippen molar-refractivity contribution in [2.75, 3.05) is 57.3 Å². The van der Waals surface area contributed by atoms with Gasteiger partial charge in [0.25, 0.3) is 11.8 Å². The fraction of sp³-hybridized carbons (Fsp3) is 0.607. The number of ether oxygens (including phenoxy) is 1. The van der Waals surface area contributed by atoms with E-state index >= 15 is 0 Å². The third kappa shape index (κ3) is 5.84. The number of rotatable bonds is 8. The third-order valence-corrected chi connectivity index (χ3v) is 8.29. The molecule has 0 radical (unpaired) electrons. The predicted molar refractivity (Wildman–Crippen MR) is 142 cm³/mol. The van der Waals surface area contributed by atoms with Gasteiger partial charge in [-0.2, -0.15) is 0 Å². The number of nitrogens with one attached hydrogen (secondary N) is 1. The Morgan fingerprint density at radius 1 is 0.949 bits per heavy atom. The molecule has 0 saturated carbocycles. The number of anilines is 1. The van der Waals surface area contributed by atoms with Gasteiger partial charge in [0.15, 0.2) is 0 Å². The Labute approximate surface area is 228 Å². The maximum atomic E-state index is 13.2. The van der Waals surface area contributed by atoms with Gasteiger partial charge in [-0.25, -0.2) is 0 Å². The van der Waals surface area contributed by atoms with Gasteiger partial charge in [0.2, 0.25) is 11.8 Å². The second kappa shape index (κ2) is 11.8. The molecule has 4 heterocycles. The number of likely N-dealkylation sites (tertiary alicyclic amines) is 1. The molecule has 1 atom stereocenters. The normalized spacial score (nSPS) is 23.3. The molecule has 4 aliphatic rings. The van der Waals surface area contributed by atoms with Gasteiger partial charge in [-0.1, -0.05) is 13.3 Å². The van der Waals surface area contributed by atoms with E-state index in [1.54, 1.807) is 12.1 Å². The van der Waals surface area contributed by atoms with Gasteiger partial charge in [-0.05, 0) is 43.9 Å². The first-order valence-corrected chi connectivity index (χ1v) is 14.1. The van der Waals surface area contributed by atoms with Gasteiger partial charge in [-0.15, -0.1) is 0 Å². The molecule has 1 aromatic rings. The number of fused-ring (bicyclic) bond motifs is 1. The number of imide groups is 2. The second-order valence-electron chi connectivity index (χ2n) is 10.8. The van der Waals surface area contributed by atoms with Crippen LogP contribution in [0.25, 0.3) is 0 Å². The highest BCUT2D eigenvalue weighted by Crippen LogP contribution is 2.31. The molecule has 0 aliphatic carbocycles. The van der Waals surface area contributed by atoms with Crippen LogP contribution in [0.4, 0.5) is 5.69 Å². The zero-order valence-electron chi connectivity index (χ0n) is 22.5. The van der Waals surface area contributed by atoms with E-state index in [0.29, 0.717) is 30.3 Å². The van der Waals surface area contributed by atoms with Crippen molar-refractivity contribution < 1.29 is 28.7 Å². The van der Waals surface area contributed by atoms with Crippen LogP contribution in [-0.4, -0.2) is 109 Å². The number of hydrogen-bond donors (Lipinski definition) is 1. The van der Waals surface area contributed by atoms with E-state index < -0.39 is 23.8 Å². The Morgan fingerprint density at radius 2 is 1.67 bits per heavy atom. The number of unbranched alkanes of at least 4 members (excludes halogenated alkanes) is 1. The van der Waals surface area contributed by atoms with Gasteiger partial charge in [0.05, 0.1) is 24.3 Å².